The molecule has 8 nitrogen and oxygen atoms in total. The molecule has 2 N–H and O–H groups in total. The first-order valence-corrected chi connectivity index (χ1v) is 8.67. The van der Waals surface area contributed by atoms with E-state index in [2.05, 4.69) is 26.2 Å². The molecule has 1 saturated carbocycles. The smallest absolute Gasteiger partial charge is 0.255 e. The van der Waals surface area contributed by atoms with Crippen LogP contribution in [0.3, 0.4) is 0 Å². The molecule has 1 heterocycles. The quantitative estimate of drug-likeness (QED) is 0.727. The Labute approximate surface area is 155 Å². The van der Waals surface area contributed by atoms with Gasteiger partial charge < -0.3 is 10.6 Å². The number of benzene rings is 2. The molecule has 8 heteroatoms. The van der Waals surface area contributed by atoms with Crippen LogP contribution in [0, 0.1) is 0 Å². The highest BCUT2D eigenvalue weighted by Gasteiger charge is 2.28. The van der Waals surface area contributed by atoms with Gasteiger partial charge in [-0.3, -0.25) is 9.59 Å². The summed E-state index contributed by atoms with van der Waals surface area (Å²) in [6.45, 7) is 1.42. The SMILES string of the molecule is CC(=O)Nc1cccc(C(=O)Nc2ccc(-c3nnnn3C3CC3)cc2)c1. The number of nitrogens with zero attached hydrogens (tertiary/aromatic N) is 4. The van der Waals surface area contributed by atoms with E-state index < -0.39 is 0 Å². The van der Waals surface area contributed by atoms with Crippen LogP contribution in [0.5, 0.6) is 0 Å². The van der Waals surface area contributed by atoms with E-state index in [4.69, 9.17) is 0 Å². The molecule has 0 bridgehead atoms. The average Bonchev–Trinajstić information content (AvgIpc) is 3.39. The monoisotopic (exact) mass is 362 g/mol. The van der Waals surface area contributed by atoms with Crippen LogP contribution in [0.2, 0.25) is 0 Å². The molecule has 1 fully saturated rings. The first-order valence-electron chi connectivity index (χ1n) is 8.67. The number of anilines is 2. The molecule has 0 saturated heterocycles. The molecule has 0 radical (unpaired) electrons. The van der Waals surface area contributed by atoms with Gasteiger partial charge in [0, 0.05) is 29.4 Å². The highest BCUT2D eigenvalue weighted by Crippen LogP contribution is 2.36. The average molecular weight is 362 g/mol. The second-order valence-corrected chi connectivity index (χ2v) is 6.47. The Morgan fingerprint density at radius 3 is 2.52 bits per heavy atom. The molecule has 0 spiro atoms. The number of hydrogen-bond donors (Lipinski definition) is 2. The second kappa shape index (κ2) is 6.99. The molecule has 4 rings (SSSR count). The lowest BCUT2D eigenvalue weighted by Gasteiger charge is -2.08. The van der Waals surface area contributed by atoms with Crippen LogP contribution < -0.4 is 10.6 Å². The van der Waals surface area contributed by atoms with E-state index in [9.17, 15) is 9.59 Å². The third-order valence-electron chi connectivity index (χ3n) is 4.23. The van der Waals surface area contributed by atoms with E-state index in [0.717, 1.165) is 24.2 Å². The molecule has 0 aliphatic heterocycles. The zero-order valence-corrected chi connectivity index (χ0v) is 14.7. The van der Waals surface area contributed by atoms with E-state index in [1.54, 1.807) is 24.3 Å². The minimum Gasteiger partial charge on any atom is -0.326 e. The fraction of sp³-hybridized carbons (Fsp3) is 0.211. The Morgan fingerprint density at radius 2 is 1.81 bits per heavy atom. The summed E-state index contributed by atoms with van der Waals surface area (Å²) >= 11 is 0. The summed E-state index contributed by atoms with van der Waals surface area (Å²) in [5.41, 5.74) is 2.61. The summed E-state index contributed by atoms with van der Waals surface area (Å²) in [5.74, 6) is 0.299. The van der Waals surface area contributed by atoms with Crippen molar-refractivity contribution in [3.63, 3.8) is 0 Å². The number of tetrazole rings is 1. The first kappa shape index (κ1) is 16.9. The summed E-state index contributed by atoms with van der Waals surface area (Å²) in [5, 5.41) is 17.4. The van der Waals surface area contributed by atoms with Gasteiger partial charge in [0.15, 0.2) is 5.82 Å². The molecular weight excluding hydrogens is 344 g/mol. The van der Waals surface area contributed by atoms with Gasteiger partial charge in [0.1, 0.15) is 0 Å². The van der Waals surface area contributed by atoms with Gasteiger partial charge in [0.2, 0.25) is 5.91 Å². The lowest BCUT2D eigenvalue weighted by Crippen LogP contribution is -2.13. The molecule has 0 atom stereocenters. The fourth-order valence-electron chi connectivity index (χ4n) is 2.80. The van der Waals surface area contributed by atoms with Crippen LogP contribution in [0.1, 0.15) is 36.2 Å². The van der Waals surface area contributed by atoms with Crippen LogP contribution in [0.15, 0.2) is 48.5 Å². The number of carbonyl (C=O) groups is 2. The Hall–Kier alpha value is -3.55. The summed E-state index contributed by atoms with van der Waals surface area (Å²) in [6, 6.07) is 14.6. The molecule has 1 aliphatic rings. The second-order valence-electron chi connectivity index (χ2n) is 6.47. The van der Waals surface area contributed by atoms with E-state index in [1.807, 2.05) is 28.9 Å². The van der Waals surface area contributed by atoms with Crippen molar-refractivity contribution < 1.29 is 9.59 Å². The van der Waals surface area contributed by atoms with Gasteiger partial charge in [0.05, 0.1) is 6.04 Å². The lowest BCUT2D eigenvalue weighted by molar-refractivity contribution is -0.114. The van der Waals surface area contributed by atoms with E-state index >= 15 is 0 Å². The number of carbonyl (C=O) groups excluding carboxylic acids is 2. The van der Waals surface area contributed by atoms with Crippen molar-refractivity contribution in [1.29, 1.82) is 0 Å². The van der Waals surface area contributed by atoms with E-state index in [0.29, 0.717) is 23.0 Å². The molecule has 3 aromatic rings. The topological polar surface area (TPSA) is 102 Å². The zero-order chi connectivity index (χ0) is 18.8. The van der Waals surface area contributed by atoms with Crippen molar-refractivity contribution in [2.24, 2.45) is 0 Å². The van der Waals surface area contributed by atoms with Gasteiger partial charge in [-0.1, -0.05) is 6.07 Å². The van der Waals surface area contributed by atoms with Gasteiger partial charge in [-0.15, -0.1) is 5.10 Å². The van der Waals surface area contributed by atoms with Crippen molar-refractivity contribution in [3.05, 3.63) is 54.1 Å². The number of nitrogens with one attached hydrogen (secondary N) is 2. The molecule has 136 valence electrons. The maximum Gasteiger partial charge on any atom is 0.255 e. The summed E-state index contributed by atoms with van der Waals surface area (Å²) in [6.07, 6.45) is 2.20. The Bertz CT molecular complexity index is 991. The summed E-state index contributed by atoms with van der Waals surface area (Å²) in [4.78, 5) is 23.6. The van der Waals surface area contributed by atoms with Crippen LogP contribution in [-0.2, 0) is 4.79 Å². The first-order chi connectivity index (χ1) is 13.1. The molecular formula is C19H18N6O2. The largest absolute Gasteiger partial charge is 0.326 e. The molecule has 2 amide bonds. The summed E-state index contributed by atoms with van der Waals surface area (Å²) in [7, 11) is 0. The summed E-state index contributed by atoms with van der Waals surface area (Å²) < 4.78 is 1.85. The van der Waals surface area contributed by atoms with Crippen LogP contribution in [0.4, 0.5) is 11.4 Å². The highest BCUT2D eigenvalue weighted by molar-refractivity contribution is 6.05. The normalized spacial score (nSPS) is 13.2. The van der Waals surface area contributed by atoms with Crippen molar-refractivity contribution >= 4 is 23.2 Å². The Kier molecular flexibility index (Phi) is 4.37. The molecule has 1 aromatic heterocycles. The molecule has 27 heavy (non-hydrogen) atoms. The number of rotatable bonds is 5. The van der Waals surface area contributed by atoms with Crippen LogP contribution in [-0.4, -0.2) is 32.0 Å². The molecule has 1 aliphatic carbocycles. The minimum atomic E-state index is -0.252. The van der Waals surface area contributed by atoms with E-state index in [-0.39, 0.29) is 11.8 Å². The van der Waals surface area contributed by atoms with Crippen molar-refractivity contribution in [2.75, 3.05) is 10.6 Å². The van der Waals surface area contributed by atoms with Gasteiger partial charge in [-0.2, -0.15) is 0 Å². The number of amides is 2. The van der Waals surface area contributed by atoms with Crippen molar-refractivity contribution in [2.45, 2.75) is 25.8 Å². The van der Waals surface area contributed by atoms with Crippen LogP contribution >= 0.6 is 0 Å². The zero-order valence-electron chi connectivity index (χ0n) is 14.7. The standard InChI is InChI=1S/C19H18N6O2/c1-12(26)20-16-4-2-3-14(11-16)19(27)21-15-7-5-13(6-8-15)18-22-23-24-25(18)17-9-10-17/h2-8,11,17H,9-10H2,1H3,(H,20,26)(H,21,27). The predicted octanol–water partition coefficient (Wildman–Crippen LogP) is 2.89. The third kappa shape index (κ3) is 3.84. The lowest BCUT2D eigenvalue weighted by atomic mass is 10.1. The van der Waals surface area contributed by atoms with Gasteiger partial charge >= 0.3 is 0 Å². The Balaban J connectivity index is 1.47. The maximum atomic E-state index is 12.5. The van der Waals surface area contributed by atoms with Crippen LogP contribution in [0.25, 0.3) is 11.4 Å². The van der Waals surface area contributed by atoms with Gasteiger partial charge in [-0.05, 0) is 65.7 Å². The predicted molar refractivity (Wildman–Crippen MR) is 100 cm³/mol. The minimum absolute atomic E-state index is 0.184. The maximum absolute atomic E-state index is 12.5. The molecule has 0 unspecified atom stereocenters. The van der Waals surface area contributed by atoms with E-state index in [1.165, 1.54) is 6.92 Å². The van der Waals surface area contributed by atoms with Crippen molar-refractivity contribution in [1.82, 2.24) is 20.2 Å². The highest BCUT2D eigenvalue weighted by atomic mass is 16.2. The molecule has 2 aromatic carbocycles. The van der Waals surface area contributed by atoms with Gasteiger partial charge in [-0.25, -0.2) is 4.68 Å². The van der Waals surface area contributed by atoms with Crippen molar-refractivity contribution in [3.8, 4) is 11.4 Å². The number of aromatic nitrogens is 4. The fourth-order valence-corrected chi connectivity index (χ4v) is 2.80. The number of hydrogen-bond acceptors (Lipinski definition) is 5. The Morgan fingerprint density at radius 1 is 1.04 bits per heavy atom. The van der Waals surface area contributed by atoms with Gasteiger partial charge in [0.25, 0.3) is 5.91 Å². The third-order valence-corrected chi connectivity index (χ3v) is 4.23.